The Morgan fingerprint density at radius 2 is 0.814 bits per heavy atom. The van der Waals surface area contributed by atoms with Crippen LogP contribution in [0.15, 0.2) is 402 Å². The number of hydrogen-bond acceptors (Lipinski definition) is 21. The number of aromatic carboxylic acids is 1. The fraction of sp³-hybridized carbons (Fsp3) is 0.164. The summed E-state index contributed by atoms with van der Waals surface area (Å²) < 4.78 is 25.6. The van der Waals surface area contributed by atoms with E-state index in [1.54, 1.807) is 106 Å². The number of aryl methyl sites for hydroxylation is 4. The molecular weight excluding hydrogens is 1940 g/mol. The molecule has 8 aromatic heterocycles. The van der Waals surface area contributed by atoms with Gasteiger partial charge in [-0.3, -0.25) is 63.5 Å². The molecule has 18 rings (SSSR count). The van der Waals surface area contributed by atoms with Crippen molar-refractivity contribution in [1.29, 1.82) is 0 Å². The second-order valence-corrected chi connectivity index (χ2v) is 32.3. The molecule has 17 aromatic rings. The number of fused-ring (bicyclic) bond motifs is 3. The van der Waals surface area contributed by atoms with Gasteiger partial charge in [-0.05, 0) is 198 Å². The van der Waals surface area contributed by atoms with Crippen LogP contribution in [-0.2, 0) is 83.1 Å². The van der Waals surface area contributed by atoms with Crippen LogP contribution in [0.2, 0.25) is 0 Å². The molecule has 0 fully saturated rings. The van der Waals surface area contributed by atoms with Crippen molar-refractivity contribution in [3.8, 4) is 22.5 Å². The topological polar surface area (TPSA) is 397 Å². The number of nitrogens with two attached hydrogens (primary N) is 1. The van der Waals surface area contributed by atoms with Crippen LogP contribution < -0.4 is 33.3 Å². The van der Waals surface area contributed by atoms with Crippen LogP contribution in [0.25, 0.3) is 44.3 Å². The third-order valence-corrected chi connectivity index (χ3v) is 21.8. The Hall–Kier alpha value is -15.6. The number of anilines is 1. The van der Waals surface area contributed by atoms with Gasteiger partial charge in [-0.1, -0.05) is 214 Å². The predicted molar refractivity (Wildman–Crippen MR) is 554 cm³/mol. The Kier molecular flexibility index (Phi) is 53.2. The summed E-state index contributed by atoms with van der Waals surface area (Å²) >= 11 is -3.79. The second-order valence-electron chi connectivity index (χ2n) is 31.7. The SMILES string of the molecule is CCC(N)c1ccccc1.CCC(NC(=O)c1c(Cc2ccncc2)c(-c2ccccc2)nc2ccccc12)c1ccccc1.CON(C)C(=O)CCc1ccncc1.O=C(CCc1ccncc1)c1ccccc1.O=C(O)CCc1ccncc1.O=C(O)c1c(Cc2ccncc2)c(-c2ccccc2)nc2ccccc12.O=C1Nc2ccccc2C1=O.OCCCc1ccncc1.[Br-].[Mg+2].[O]=[Cr](=[O])=[O].[c-]1ccccc1. The maximum absolute atomic E-state index is 14.0. The summed E-state index contributed by atoms with van der Waals surface area (Å²) in [5, 5.41) is 35.4. The summed E-state index contributed by atoms with van der Waals surface area (Å²) in [5.41, 5.74) is 24.1. The van der Waals surface area contributed by atoms with Crippen molar-refractivity contribution >= 4 is 91.8 Å². The molecule has 9 aromatic carbocycles. The number of halogens is 1. The van der Waals surface area contributed by atoms with Gasteiger partial charge in [0.15, 0.2) is 5.78 Å². The summed E-state index contributed by atoms with van der Waals surface area (Å²) in [6.07, 6.45) is 28.7. The van der Waals surface area contributed by atoms with Crippen molar-refractivity contribution in [2.24, 2.45) is 5.73 Å². The van der Waals surface area contributed by atoms with Crippen molar-refractivity contribution in [2.75, 3.05) is 26.1 Å². The monoisotopic (exact) mass is 2050 g/mol. The van der Waals surface area contributed by atoms with Crippen molar-refractivity contribution in [1.82, 2.24) is 50.3 Å². The molecule has 2 atom stereocenters. The third-order valence-electron chi connectivity index (χ3n) is 21.8. The Labute approximate surface area is 874 Å². The van der Waals surface area contributed by atoms with E-state index in [4.69, 9.17) is 42.2 Å². The van der Waals surface area contributed by atoms with E-state index in [1.165, 1.54) is 23.3 Å². The first-order valence-corrected chi connectivity index (χ1v) is 47.7. The van der Waals surface area contributed by atoms with E-state index in [0.29, 0.717) is 76.6 Å². The van der Waals surface area contributed by atoms with Gasteiger partial charge < -0.3 is 48.7 Å². The first kappa shape index (κ1) is 116. The zero-order valence-electron chi connectivity index (χ0n) is 80.9. The number of rotatable bonds is 27. The van der Waals surface area contributed by atoms with Crippen LogP contribution in [0.3, 0.4) is 0 Å². The van der Waals surface area contributed by atoms with Crippen LogP contribution in [0.4, 0.5) is 5.69 Å². The van der Waals surface area contributed by atoms with Crippen molar-refractivity contribution in [3.05, 3.63) is 486 Å². The number of nitrogens with zero attached hydrogens (tertiary/aromatic N) is 9. The van der Waals surface area contributed by atoms with Gasteiger partial charge in [0.2, 0.25) is 5.91 Å². The van der Waals surface area contributed by atoms with Crippen LogP contribution in [0.5, 0.6) is 0 Å². The maximum atomic E-state index is 14.0. The molecule has 0 saturated carbocycles. The van der Waals surface area contributed by atoms with Crippen molar-refractivity contribution in [2.45, 2.75) is 103 Å². The average Bonchev–Trinajstić information content (AvgIpc) is 1.24. The number of pyridine rings is 8. The minimum absolute atomic E-state index is 0. The summed E-state index contributed by atoms with van der Waals surface area (Å²) in [7, 11) is 3.08. The Morgan fingerprint density at radius 3 is 1.21 bits per heavy atom. The normalized spacial score (nSPS) is 10.7. The zero-order valence-corrected chi connectivity index (χ0v) is 85.2. The van der Waals surface area contributed by atoms with Gasteiger partial charge in [0.05, 0.1) is 58.0 Å². The minimum Gasteiger partial charge on any atom is -0.184 e. The predicted octanol–water partition coefficient (Wildman–Crippen LogP) is 18.1. The number of Topliss-reactive ketones (excluding diaryl/α,β-unsaturated/α-hetero) is 2. The molecule has 0 radical (unpaired) electrons. The fourth-order valence-electron chi connectivity index (χ4n) is 14.4. The quantitative estimate of drug-likeness (QED) is 0.00915. The zero-order chi connectivity index (χ0) is 102. The van der Waals surface area contributed by atoms with Crippen molar-refractivity contribution in [3.63, 3.8) is 0 Å². The average molecular weight is 2060 g/mol. The van der Waals surface area contributed by atoms with Gasteiger partial charge in [-0.25, -0.2) is 19.8 Å². The van der Waals surface area contributed by atoms with Gasteiger partial charge in [0.1, 0.15) is 0 Å². The Bertz CT molecular complexity index is 6840. The van der Waals surface area contributed by atoms with Gasteiger partial charge in [0, 0.05) is 154 Å². The molecule has 7 N–H and O–H groups in total. The van der Waals surface area contributed by atoms with Gasteiger partial charge in [-0.15, -0.1) is 0 Å². The number of para-hydroxylation sites is 3. The molecule has 29 heteroatoms. The number of carbonyl (C=O) groups is 7. The molecule has 3 amide bonds. The number of hydroxylamine groups is 2. The Morgan fingerprint density at radius 1 is 0.448 bits per heavy atom. The number of carbonyl (C=O) groups excluding carboxylic acids is 5. The number of hydrogen-bond donors (Lipinski definition) is 6. The van der Waals surface area contributed by atoms with E-state index >= 15 is 0 Å². The van der Waals surface area contributed by atoms with Gasteiger partial charge in [-0.2, -0.15) is 36.4 Å². The molecule has 145 heavy (non-hydrogen) atoms. The number of benzene rings is 9. The maximum Gasteiger partial charge on any atom is -0.171 e. The van der Waals surface area contributed by atoms with Crippen molar-refractivity contribution < 1.29 is 96.1 Å². The largest absolute Gasteiger partial charge is 0.184 e. The molecule has 2 unspecified atom stereocenters. The van der Waals surface area contributed by atoms with E-state index in [1.807, 2.05) is 279 Å². The molecule has 1 aliphatic rings. The summed E-state index contributed by atoms with van der Waals surface area (Å²) in [5.74, 6) is -2.60. The summed E-state index contributed by atoms with van der Waals surface area (Å²) in [6, 6.07) is 107. The molecule has 26 nitrogen and oxygen atoms in total. The van der Waals surface area contributed by atoms with Gasteiger partial charge in [0.25, 0.3) is 17.6 Å². The molecule has 9 heterocycles. The number of aliphatic hydroxyl groups excluding tert-OH is 1. The number of aliphatic hydroxyl groups is 1. The Balaban J connectivity index is 0.000000230. The first-order valence-electron chi connectivity index (χ1n) is 46.2. The minimum atomic E-state index is -3.79. The second kappa shape index (κ2) is 66.3. The molecule has 0 spiro atoms. The molecule has 736 valence electrons. The number of nitrogens with one attached hydrogen (secondary N) is 2. The summed E-state index contributed by atoms with van der Waals surface area (Å²) in [4.78, 5) is 120. The van der Waals surface area contributed by atoms with Crippen LogP contribution >= 0.6 is 0 Å². The molecule has 0 aliphatic carbocycles. The number of carboxylic acid groups (broad SMARTS) is 2. The standard InChI is InChI=1S/C31H27N3O.C22H16N2O2.C14H13NO.C10H14N2O2.C9H13N.C8H5NO2.C8H9NO2.C8H11NO.C6H5.BrH.Cr.Mg.3O/c1-2-27(23-11-5-3-6-12-23)34-31(35)29-25-15-9-10-16-28(25)33-30(24-13-7-4-8-14-24)26(29)21-22-17-19-32-20-18-22;25-22(26)20-17-8-4-5-9-19(17)24-21(16-6-2-1-3-7-16)18(20)14-15-10-12-23-13-11-15;16-14(13-4-2-1-3-5-13)7-6-12-8-10-15-11-9-12;1-12(14-2)10(13)4-3-9-5-7-11-8-6-9;1-2-9(10)8-6-4-3-5-7-8;10-7-5-3-1-2-4-6(5)9-8(7)11;10-8(11)2-1-7-3-5-9-6-4-7;10-7-1-2-8-3-5-9-6-4-8;1-2-4-6-5-3-1;;;;;;/h3-20,27H,2,21H2,1H3,(H,34,35);1-13H,14H2,(H,25,26);1-5,8-11H,6-7H2;5-8H,3-4H2,1-2H3;3-7,9H,2,10H2,1H3;1-4H,(H,9,10,11);3-6H,1-2H2,(H,10,11);3-6,10H,1-2,7H2;1-5H;1H;;;;;/q;;;;;;;;-1;;;+2;;;/p-1. The molecule has 0 saturated heterocycles. The fourth-order valence-corrected chi connectivity index (χ4v) is 14.4. The third kappa shape index (κ3) is 40.8. The van der Waals surface area contributed by atoms with E-state index < -0.39 is 37.6 Å². The molecular formula is C116H113BrCrMgN12O14. The number of aromatic nitrogens is 8. The molecule has 1 aliphatic heterocycles. The number of aliphatic carboxylic acids is 1. The van der Waals surface area contributed by atoms with Gasteiger partial charge >= 0.3 is 60.4 Å². The van der Waals surface area contributed by atoms with E-state index in [9.17, 15) is 38.7 Å². The van der Waals surface area contributed by atoms with E-state index in [-0.39, 0.29) is 82.7 Å². The smallest absolute Gasteiger partial charge is 0.171 e. The number of ketones is 2. The van der Waals surface area contributed by atoms with Crippen LogP contribution in [0, 0.1) is 6.07 Å². The van der Waals surface area contributed by atoms with E-state index in [0.717, 1.165) is 111 Å². The van der Waals surface area contributed by atoms with Crippen LogP contribution in [0.1, 0.15) is 162 Å². The van der Waals surface area contributed by atoms with Crippen LogP contribution in [-0.4, -0.2) is 145 Å². The number of carboxylic acids is 2. The summed E-state index contributed by atoms with van der Waals surface area (Å²) in [6.45, 7) is 4.45. The molecule has 0 bridgehead atoms. The van der Waals surface area contributed by atoms with E-state index in [2.05, 4.69) is 84.7 Å². The first-order chi connectivity index (χ1) is 69.7. The number of amides is 3.